The minimum Gasteiger partial charge on any atom is -0.277 e. The largest absolute Gasteiger partial charge is 0.277 e. The Hall–Kier alpha value is -2.06. The van der Waals surface area contributed by atoms with Crippen molar-refractivity contribution in [3.8, 4) is 0 Å². The Labute approximate surface area is 102 Å². The maximum atomic E-state index is 3.73. The van der Waals surface area contributed by atoms with Crippen molar-refractivity contribution in [3.05, 3.63) is 73.3 Å². The summed E-state index contributed by atoms with van der Waals surface area (Å²) >= 11 is 0. The monoisotopic (exact) mass is 224 g/mol. The molecule has 86 valence electrons. The van der Waals surface area contributed by atoms with Gasteiger partial charge in [0.1, 0.15) is 0 Å². The van der Waals surface area contributed by atoms with Crippen LogP contribution in [0.25, 0.3) is 0 Å². The van der Waals surface area contributed by atoms with Crippen LogP contribution in [0.15, 0.2) is 73.3 Å². The maximum absolute atomic E-state index is 3.73. The summed E-state index contributed by atoms with van der Waals surface area (Å²) in [5.74, 6) is 0. The molecule has 2 aromatic carbocycles. The van der Waals surface area contributed by atoms with E-state index in [1.807, 2.05) is 42.5 Å². The van der Waals surface area contributed by atoms with Crippen molar-refractivity contribution >= 4 is 11.4 Å². The van der Waals surface area contributed by atoms with E-state index in [2.05, 4.69) is 41.3 Å². The summed E-state index contributed by atoms with van der Waals surface area (Å²) in [6.45, 7) is 4.46. The molecule has 0 aliphatic rings. The lowest BCUT2D eigenvalue weighted by molar-refractivity contribution is 0.776. The van der Waals surface area contributed by atoms with Gasteiger partial charge in [-0.25, -0.2) is 5.43 Å². The fourth-order valence-corrected chi connectivity index (χ4v) is 1.64. The van der Waals surface area contributed by atoms with Crippen LogP contribution in [-0.2, 0) is 0 Å². The molecule has 2 heteroatoms. The molecule has 2 nitrogen and oxygen atoms in total. The number of nitrogens with one attached hydrogen (secondary N) is 1. The number of nitrogens with zero attached hydrogens (tertiary/aromatic N) is 1. The summed E-state index contributed by atoms with van der Waals surface area (Å²) < 4.78 is 0. The number of benzene rings is 2. The molecule has 0 saturated heterocycles. The molecule has 0 aliphatic heterocycles. The Kier molecular flexibility index (Phi) is 3.95. The predicted molar refractivity (Wildman–Crippen MR) is 73.2 cm³/mol. The first-order valence-electron chi connectivity index (χ1n) is 5.66. The van der Waals surface area contributed by atoms with Crippen LogP contribution < -0.4 is 10.4 Å². The number of para-hydroxylation sites is 2. The van der Waals surface area contributed by atoms with E-state index < -0.39 is 0 Å². The fourth-order valence-electron chi connectivity index (χ4n) is 1.64. The van der Waals surface area contributed by atoms with E-state index in [9.17, 15) is 0 Å². The summed E-state index contributed by atoms with van der Waals surface area (Å²) in [5, 5.41) is 2.06. The third kappa shape index (κ3) is 2.95. The van der Waals surface area contributed by atoms with Crippen LogP contribution in [0.3, 0.4) is 0 Å². The SMILES string of the molecule is C=CCNN(c1ccccc1)c1ccccc1. The van der Waals surface area contributed by atoms with Gasteiger partial charge in [-0.3, -0.25) is 5.01 Å². The van der Waals surface area contributed by atoms with E-state index in [4.69, 9.17) is 0 Å². The van der Waals surface area contributed by atoms with Crippen LogP contribution in [0.1, 0.15) is 0 Å². The Morgan fingerprint density at radius 3 is 1.76 bits per heavy atom. The van der Waals surface area contributed by atoms with Crippen molar-refractivity contribution in [2.24, 2.45) is 0 Å². The summed E-state index contributed by atoms with van der Waals surface area (Å²) in [4.78, 5) is 0. The zero-order valence-corrected chi connectivity index (χ0v) is 9.71. The van der Waals surface area contributed by atoms with Crippen molar-refractivity contribution in [1.82, 2.24) is 5.43 Å². The minimum atomic E-state index is 0.726. The van der Waals surface area contributed by atoms with Gasteiger partial charge in [-0.15, -0.1) is 6.58 Å². The van der Waals surface area contributed by atoms with Gasteiger partial charge in [0.25, 0.3) is 0 Å². The van der Waals surface area contributed by atoms with Gasteiger partial charge in [0, 0.05) is 6.54 Å². The van der Waals surface area contributed by atoms with Crippen LogP contribution in [-0.4, -0.2) is 6.54 Å². The van der Waals surface area contributed by atoms with Crippen LogP contribution >= 0.6 is 0 Å². The molecule has 0 atom stereocenters. The highest BCUT2D eigenvalue weighted by atomic mass is 15.5. The number of rotatable bonds is 5. The molecular formula is C15H16N2. The van der Waals surface area contributed by atoms with Gasteiger partial charge >= 0.3 is 0 Å². The van der Waals surface area contributed by atoms with Gasteiger partial charge in [-0.2, -0.15) is 0 Å². The van der Waals surface area contributed by atoms with E-state index in [1.54, 1.807) is 0 Å². The average Bonchev–Trinajstić information content (AvgIpc) is 2.42. The summed E-state index contributed by atoms with van der Waals surface area (Å²) in [5.41, 5.74) is 5.54. The standard InChI is InChI=1S/C15H16N2/c1-2-13-16-17(14-9-5-3-6-10-14)15-11-7-4-8-12-15/h2-12,16H,1,13H2. The van der Waals surface area contributed by atoms with Crippen molar-refractivity contribution in [2.45, 2.75) is 0 Å². The topological polar surface area (TPSA) is 15.3 Å². The first kappa shape index (κ1) is 11.4. The van der Waals surface area contributed by atoms with Gasteiger partial charge in [-0.05, 0) is 24.3 Å². The number of anilines is 2. The van der Waals surface area contributed by atoms with Crippen LogP contribution in [0, 0.1) is 0 Å². The zero-order valence-electron chi connectivity index (χ0n) is 9.71. The average molecular weight is 224 g/mol. The van der Waals surface area contributed by atoms with Gasteiger partial charge < -0.3 is 0 Å². The number of hydrazine groups is 1. The van der Waals surface area contributed by atoms with E-state index in [-0.39, 0.29) is 0 Å². The molecule has 1 N–H and O–H groups in total. The highest BCUT2D eigenvalue weighted by Crippen LogP contribution is 2.22. The first-order chi connectivity index (χ1) is 8.42. The highest BCUT2D eigenvalue weighted by Gasteiger charge is 2.06. The Morgan fingerprint density at radius 1 is 0.882 bits per heavy atom. The summed E-state index contributed by atoms with van der Waals surface area (Å²) in [6, 6.07) is 20.4. The quantitative estimate of drug-likeness (QED) is 0.617. The first-order valence-corrected chi connectivity index (χ1v) is 5.66. The second-order valence-electron chi connectivity index (χ2n) is 3.66. The lowest BCUT2D eigenvalue weighted by atomic mass is 10.2. The smallest absolute Gasteiger partial charge is 0.0577 e. The molecule has 0 radical (unpaired) electrons. The van der Waals surface area contributed by atoms with Gasteiger partial charge in [-0.1, -0.05) is 42.5 Å². The zero-order chi connectivity index (χ0) is 11.9. The molecule has 2 aromatic rings. The van der Waals surface area contributed by atoms with Gasteiger partial charge in [0.15, 0.2) is 0 Å². The molecule has 0 aliphatic carbocycles. The Bertz CT molecular complexity index is 411. The molecule has 0 unspecified atom stereocenters. The third-order valence-corrected chi connectivity index (χ3v) is 2.42. The maximum Gasteiger partial charge on any atom is 0.0577 e. The number of hydrogen-bond acceptors (Lipinski definition) is 2. The summed E-state index contributed by atoms with van der Waals surface area (Å²) in [7, 11) is 0. The lowest BCUT2D eigenvalue weighted by Gasteiger charge is -2.25. The minimum absolute atomic E-state index is 0.726. The Morgan fingerprint density at radius 2 is 1.35 bits per heavy atom. The highest BCUT2D eigenvalue weighted by molar-refractivity contribution is 5.61. The summed E-state index contributed by atoms with van der Waals surface area (Å²) in [6.07, 6.45) is 1.85. The van der Waals surface area contributed by atoms with Crippen molar-refractivity contribution in [3.63, 3.8) is 0 Å². The van der Waals surface area contributed by atoms with E-state index >= 15 is 0 Å². The normalized spacial score (nSPS) is 9.88. The molecular weight excluding hydrogens is 208 g/mol. The molecule has 0 saturated carbocycles. The van der Waals surface area contributed by atoms with Crippen molar-refractivity contribution in [1.29, 1.82) is 0 Å². The van der Waals surface area contributed by atoms with Crippen LogP contribution in [0.4, 0.5) is 11.4 Å². The van der Waals surface area contributed by atoms with E-state index in [0.29, 0.717) is 0 Å². The van der Waals surface area contributed by atoms with Gasteiger partial charge in [0.05, 0.1) is 11.4 Å². The lowest BCUT2D eigenvalue weighted by Crippen LogP contribution is -2.33. The number of hydrogen-bond donors (Lipinski definition) is 1. The van der Waals surface area contributed by atoms with Crippen molar-refractivity contribution in [2.75, 3.05) is 11.6 Å². The third-order valence-electron chi connectivity index (χ3n) is 2.42. The second kappa shape index (κ2) is 5.87. The molecule has 0 aromatic heterocycles. The molecule has 0 amide bonds. The molecule has 17 heavy (non-hydrogen) atoms. The van der Waals surface area contributed by atoms with Crippen LogP contribution in [0.5, 0.6) is 0 Å². The van der Waals surface area contributed by atoms with Crippen molar-refractivity contribution < 1.29 is 0 Å². The molecule has 2 rings (SSSR count). The fraction of sp³-hybridized carbons (Fsp3) is 0.0667. The second-order valence-corrected chi connectivity index (χ2v) is 3.66. The Balaban J connectivity index is 2.29. The molecule has 0 spiro atoms. The predicted octanol–water partition coefficient (Wildman–Crippen LogP) is 3.52. The molecule has 0 bridgehead atoms. The van der Waals surface area contributed by atoms with Gasteiger partial charge in [0.2, 0.25) is 0 Å². The van der Waals surface area contributed by atoms with E-state index in [1.165, 1.54) is 0 Å². The van der Waals surface area contributed by atoms with Crippen LogP contribution in [0.2, 0.25) is 0 Å². The molecule has 0 fully saturated rings. The molecule has 0 heterocycles. The van der Waals surface area contributed by atoms with E-state index in [0.717, 1.165) is 17.9 Å².